The molecule has 0 spiro atoms. The molecule has 2 unspecified atom stereocenters. The lowest BCUT2D eigenvalue weighted by Gasteiger charge is -2.30. The molecule has 0 saturated heterocycles. The second-order valence-electron chi connectivity index (χ2n) is 5.48. The van der Waals surface area contributed by atoms with E-state index in [1.165, 1.54) is 0 Å². The highest BCUT2D eigenvalue weighted by Crippen LogP contribution is 2.35. The number of rotatable bonds is 5. The second kappa shape index (κ2) is 6.13. The first-order valence-corrected chi connectivity index (χ1v) is 9.46. The van der Waals surface area contributed by atoms with Gasteiger partial charge in [0, 0.05) is 22.3 Å². The van der Waals surface area contributed by atoms with Gasteiger partial charge in [0.15, 0.2) is 0 Å². The molecule has 1 aliphatic rings. The maximum atomic E-state index is 12.9. The smallest absolute Gasteiger partial charge is 0.244 e. The van der Waals surface area contributed by atoms with Crippen molar-refractivity contribution in [2.45, 2.75) is 51.0 Å². The average Bonchev–Trinajstić information content (AvgIpc) is 2.96. The van der Waals surface area contributed by atoms with Gasteiger partial charge >= 0.3 is 0 Å². The van der Waals surface area contributed by atoms with Crippen molar-refractivity contribution >= 4 is 21.4 Å². The predicted octanol–water partition coefficient (Wildman–Crippen LogP) is 2.50. The molecule has 2 atom stereocenters. The monoisotopic (exact) mass is 316 g/mol. The first-order chi connectivity index (χ1) is 9.41. The van der Waals surface area contributed by atoms with Crippen LogP contribution in [0.25, 0.3) is 0 Å². The Morgan fingerprint density at radius 1 is 1.40 bits per heavy atom. The molecule has 2 rings (SSSR count). The fraction of sp³-hybridized carbons (Fsp3) is 0.714. The Morgan fingerprint density at radius 3 is 2.60 bits per heavy atom. The van der Waals surface area contributed by atoms with E-state index < -0.39 is 10.0 Å². The van der Waals surface area contributed by atoms with Crippen molar-refractivity contribution in [3.8, 4) is 0 Å². The molecule has 1 aromatic rings. The normalized spacial score (nSPS) is 23.6. The maximum Gasteiger partial charge on any atom is 0.244 e. The van der Waals surface area contributed by atoms with Gasteiger partial charge in [-0.1, -0.05) is 13.3 Å². The Labute approximate surface area is 126 Å². The Morgan fingerprint density at radius 2 is 2.10 bits per heavy atom. The minimum atomic E-state index is -3.40. The summed E-state index contributed by atoms with van der Waals surface area (Å²) in [5, 5.41) is 0. The zero-order chi connectivity index (χ0) is 14.9. The van der Waals surface area contributed by atoms with Crippen molar-refractivity contribution in [3.05, 3.63) is 15.8 Å². The van der Waals surface area contributed by atoms with Crippen LogP contribution in [0.1, 0.15) is 35.9 Å². The fourth-order valence-corrected chi connectivity index (χ4v) is 6.49. The standard InChI is InChI=1S/C14H24N2O2S2/c1-4-16(13-7-5-6-12(13)9-15)20(17,18)14-8-10(2)19-11(14)3/h8,12-13H,4-7,9,15H2,1-3H3. The molecule has 0 amide bonds. The maximum absolute atomic E-state index is 12.9. The van der Waals surface area contributed by atoms with Crippen molar-refractivity contribution in [1.29, 1.82) is 0 Å². The molecule has 6 heteroatoms. The summed E-state index contributed by atoms with van der Waals surface area (Å²) < 4.78 is 27.5. The van der Waals surface area contributed by atoms with Crippen LogP contribution in [0.2, 0.25) is 0 Å². The molecule has 0 aromatic carbocycles. The zero-order valence-corrected chi connectivity index (χ0v) is 14.1. The molecule has 1 saturated carbocycles. The van der Waals surface area contributed by atoms with Gasteiger partial charge in [0.2, 0.25) is 10.0 Å². The van der Waals surface area contributed by atoms with Gasteiger partial charge in [0.05, 0.1) is 4.90 Å². The molecule has 1 heterocycles. The number of aryl methyl sites for hydroxylation is 2. The highest BCUT2D eigenvalue weighted by Gasteiger charge is 2.38. The van der Waals surface area contributed by atoms with E-state index >= 15 is 0 Å². The predicted molar refractivity (Wildman–Crippen MR) is 83.5 cm³/mol. The van der Waals surface area contributed by atoms with Crippen LogP contribution in [0.4, 0.5) is 0 Å². The summed E-state index contributed by atoms with van der Waals surface area (Å²) in [4.78, 5) is 2.40. The average molecular weight is 316 g/mol. The summed E-state index contributed by atoms with van der Waals surface area (Å²) in [6.45, 7) is 6.83. The van der Waals surface area contributed by atoms with Crippen LogP contribution < -0.4 is 5.73 Å². The number of hydrogen-bond acceptors (Lipinski definition) is 4. The van der Waals surface area contributed by atoms with Crippen molar-refractivity contribution in [2.24, 2.45) is 11.7 Å². The Kier molecular flexibility index (Phi) is 4.89. The van der Waals surface area contributed by atoms with Crippen molar-refractivity contribution < 1.29 is 8.42 Å². The topological polar surface area (TPSA) is 63.4 Å². The lowest BCUT2D eigenvalue weighted by Crippen LogP contribution is -2.44. The molecule has 4 nitrogen and oxygen atoms in total. The summed E-state index contributed by atoms with van der Waals surface area (Å²) in [7, 11) is -3.40. The Bertz CT molecular complexity index is 566. The van der Waals surface area contributed by atoms with Gasteiger partial charge in [0.25, 0.3) is 0 Å². The largest absolute Gasteiger partial charge is 0.330 e. The van der Waals surface area contributed by atoms with E-state index in [0.29, 0.717) is 23.9 Å². The van der Waals surface area contributed by atoms with Gasteiger partial charge in [-0.2, -0.15) is 4.31 Å². The molecule has 0 aliphatic heterocycles. The first-order valence-electron chi connectivity index (χ1n) is 7.20. The molecule has 114 valence electrons. The molecular formula is C14H24N2O2S2. The minimum Gasteiger partial charge on any atom is -0.330 e. The lowest BCUT2D eigenvalue weighted by molar-refractivity contribution is 0.276. The Hall–Kier alpha value is -0.430. The van der Waals surface area contributed by atoms with E-state index in [0.717, 1.165) is 29.0 Å². The lowest BCUT2D eigenvalue weighted by atomic mass is 10.0. The van der Waals surface area contributed by atoms with E-state index in [-0.39, 0.29) is 6.04 Å². The SMILES string of the molecule is CCN(C1CCCC1CN)S(=O)(=O)c1cc(C)sc1C. The van der Waals surface area contributed by atoms with E-state index in [1.807, 2.05) is 20.8 Å². The quantitative estimate of drug-likeness (QED) is 0.908. The second-order valence-corrected chi connectivity index (χ2v) is 8.80. The molecule has 2 N–H and O–H groups in total. The summed E-state index contributed by atoms with van der Waals surface area (Å²) in [5.41, 5.74) is 5.81. The molecule has 1 aliphatic carbocycles. The summed E-state index contributed by atoms with van der Waals surface area (Å²) in [6.07, 6.45) is 3.03. The number of nitrogens with zero attached hydrogens (tertiary/aromatic N) is 1. The Balaban J connectivity index is 2.37. The highest BCUT2D eigenvalue weighted by atomic mass is 32.2. The number of nitrogens with two attached hydrogens (primary N) is 1. The summed E-state index contributed by atoms with van der Waals surface area (Å²) >= 11 is 1.54. The molecule has 1 aromatic heterocycles. The highest BCUT2D eigenvalue weighted by molar-refractivity contribution is 7.89. The number of sulfonamides is 1. The van der Waals surface area contributed by atoms with Crippen LogP contribution in [-0.2, 0) is 10.0 Å². The van der Waals surface area contributed by atoms with Gasteiger partial charge in [-0.25, -0.2) is 8.42 Å². The van der Waals surface area contributed by atoms with E-state index in [4.69, 9.17) is 5.73 Å². The fourth-order valence-electron chi connectivity index (χ4n) is 3.24. The third-order valence-electron chi connectivity index (χ3n) is 4.19. The summed E-state index contributed by atoms with van der Waals surface area (Å²) in [5.74, 6) is 0.296. The van der Waals surface area contributed by atoms with Gasteiger partial charge in [-0.15, -0.1) is 11.3 Å². The molecular weight excluding hydrogens is 292 g/mol. The zero-order valence-electron chi connectivity index (χ0n) is 12.4. The molecule has 0 radical (unpaired) electrons. The molecule has 1 fully saturated rings. The number of hydrogen-bond donors (Lipinski definition) is 1. The van der Waals surface area contributed by atoms with Crippen LogP contribution in [0.3, 0.4) is 0 Å². The first kappa shape index (κ1) is 15.9. The molecule has 20 heavy (non-hydrogen) atoms. The van der Waals surface area contributed by atoms with Gasteiger partial charge < -0.3 is 5.73 Å². The van der Waals surface area contributed by atoms with Crippen molar-refractivity contribution in [1.82, 2.24) is 4.31 Å². The van der Waals surface area contributed by atoms with Crippen LogP contribution in [-0.4, -0.2) is 31.9 Å². The van der Waals surface area contributed by atoms with Gasteiger partial charge in [-0.05, 0) is 45.2 Å². The summed E-state index contributed by atoms with van der Waals surface area (Å²) in [6, 6.07) is 1.86. The number of thiophene rings is 1. The third-order valence-corrected chi connectivity index (χ3v) is 7.41. The van der Waals surface area contributed by atoms with Crippen molar-refractivity contribution in [2.75, 3.05) is 13.1 Å². The van der Waals surface area contributed by atoms with Crippen LogP contribution in [0.15, 0.2) is 11.0 Å². The van der Waals surface area contributed by atoms with E-state index in [9.17, 15) is 8.42 Å². The van der Waals surface area contributed by atoms with Crippen LogP contribution >= 0.6 is 11.3 Å². The van der Waals surface area contributed by atoms with Gasteiger partial charge in [-0.3, -0.25) is 0 Å². The van der Waals surface area contributed by atoms with Crippen LogP contribution in [0.5, 0.6) is 0 Å². The third kappa shape index (κ3) is 2.79. The van der Waals surface area contributed by atoms with Gasteiger partial charge in [0.1, 0.15) is 0 Å². The van der Waals surface area contributed by atoms with E-state index in [2.05, 4.69) is 0 Å². The molecule has 0 bridgehead atoms. The minimum absolute atomic E-state index is 0.0645. The van der Waals surface area contributed by atoms with Crippen LogP contribution in [0, 0.1) is 19.8 Å². The van der Waals surface area contributed by atoms with Crippen molar-refractivity contribution in [3.63, 3.8) is 0 Å². The van der Waals surface area contributed by atoms with E-state index in [1.54, 1.807) is 21.7 Å².